The monoisotopic (exact) mass is 539 g/mol. The van der Waals surface area contributed by atoms with Gasteiger partial charge in [0.2, 0.25) is 0 Å². The van der Waals surface area contributed by atoms with Gasteiger partial charge in [-0.2, -0.15) is 27.1 Å². The molecule has 0 saturated heterocycles. The molecule has 3 aromatic heterocycles. The molecule has 3 rings (SSSR count). The van der Waals surface area contributed by atoms with Crippen LogP contribution in [0.1, 0.15) is 11.8 Å². The van der Waals surface area contributed by atoms with E-state index in [1.165, 1.54) is 23.0 Å². The van der Waals surface area contributed by atoms with Gasteiger partial charge in [0.1, 0.15) is 12.1 Å². The molecule has 3 aromatic rings. The highest BCUT2D eigenvalue weighted by Gasteiger charge is 2.38. The Kier molecular flexibility index (Phi) is 9.41. The number of thiophene rings is 1. The van der Waals surface area contributed by atoms with Gasteiger partial charge >= 0.3 is 17.8 Å². The van der Waals surface area contributed by atoms with Gasteiger partial charge in [0.05, 0.1) is 18.0 Å². The first kappa shape index (κ1) is 28.6. The summed E-state index contributed by atoms with van der Waals surface area (Å²) >= 11 is 1.14. The van der Waals surface area contributed by atoms with Gasteiger partial charge in [-0.05, 0) is 19.1 Å². The van der Waals surface area contributed by atoms with Gasteiger partial charge in [-0.3, -0.25) is 9.36 Å². The number of aromatic nitrogens is 4. The van der Waals surface area contributed by atoms with Crippen molar-refractivity contribution in [2.24, 2.45) is 5.73 Å². The van der Waals surface area contributed by atoms with E-state index in [1.54, 1.807) is 12.3 Å². The second kappa shape index (κ2) is 11.9. The van der Waals surface area contributed by atoms with Gasteiger partial charge in [-0.25, -0.2) is 18.7 Å². The van der Waals surface area contributed by atoms with Crippen molar-refractivity contribution in [3.63, 3.8) is 0 Å². The summed E-state index contributed by atoms with van der Waals surface area (Å²) in [5.41, 5.74) is 4.74. The first-order valence-electron chi connectivity index (χ1n) is 9.92. The van der Waals surface area contributed by atoms with Crippen LogP contribution in [0.3, 0.4) is 0 Å². The van der Waals surface area contributed by atoms with Crippen LogP contribution in [0, 0.1) is 5.82 Å². The molecule has 0 spiro atoms. The van der Waals surface area contributed by atoms with Crippen LogP contribution in [-0.2, 0) is 24.4 Å². The van der Waals surface area contributed by atoms with Gasteiger partial charge in [0.25, 0.3) is 11.6 Å². The number of hydrogen-bond donors (Lipinski definition) is 2. The second-order valence-corrected chi connectivity index (χ2v) is 8.13. The molecule has 36 heavy (non-hydrogen) atoms. The Morgan fingerprint density at radius 1 is 1.19 bits per heavy atom. The van der Waals surface area contributed by atoms with Crippen LogP contribution in [0.15, 0.2) is 52.0 Å². The zero-order valence-electron chi connectivity index (χ0n) is 18.4. The van der Waals surface area contributed by atoms with Crippen LogP contribution in [-0.4, -0.2) is 42.7 Å². The predicted octanol–water partition coefficient (Wildman–Crippen LogP) is 2.88. The van der Waals surface area contributed by atoms with Crippen LogP contribution >= 0.6 is 11.3 Å². The minimum absolute atomic E-state index is 0.0947. The Labute approximate surface area is 202 Å². The number of aliphatic carboxylic acids is 1. The number of rotatable bonds is 7. The largest absolute Gasteiger partial charge is 0.490 e. The molecule has 0 bridgehead atoms. The van der Waals surface area contributed by atoms with Crippen molar-refractivity contribution in [2.75, 3.05) is 6.54 Å². The fourth-order valence-electron chi connectivity index (χ4n) is 2.71. The number of hydrogen-bond acceptors (Lipinski definition) is 6. The Hall–Kier alpha value is -3.66. The Morgan fingerprint density at radius 2 is 1.83 bits per heavy atom. The van der Waals surface area contributed by atoms with E-state index in [2.05, 4.69) is 5.10 Å². The van der Waals surface area contributed by atoms with E-state index in [9.17, 15) is 35.9 Å². The van der Waals surface area contributed by atoms with Gasteiger partial charge in [0, 0.05) is 41.4 Å². The van der Waals surface area contributed by atoms with Gasteiger partial charge in [0.15, 0.2) is 0 Å². The lowest BCUT2D eigenvalue weighted by Crippen LogP contribution is -2.27. The van der Waals surface area contributed by atoms with Crippen molar-refractivity contribution < 1.29 is 36.2 Å². The van der Waals surface area contributed by atoms with E-state index >= 15 is 0 Å². The number of carboxylic acid groups (broad SMARTS) is 1. The molecule has 0 aliphatic rings. The molecule has 16 heteroatoms. The van der Waals surface area contributed by atoms with E-state index in [-0.39, 0.29) is 17.0 Å². The number of nitrogens with zero attached hydrogens (tertiary/aromatic N) is 4. The average molecular weight is 539 g/mol. The molecule has 0 aromatic carbocycles. The molecular formula is C20H19F6N5O4S. The summed E-state index contributed by atoms with van der Waals surface area (Å²) in [5, 5.41) is 10.9. The molecule has 0 aliphatic heterocycles. The van der Waals surface area contributed by atoms with Gasteiger partial charge in [-0.15, -0.1) is 11.3 Å². The summed E-state index contributed by atoms with van der Waals surface area (Å²) in [6.45, 7) is 1.39. The van der Waals surface area contributed by atoms with E-state index in [4.69, 9.17) is 15.6 Å². The first-order chi connectivity index (χ1) is 16.8. The summed E-state index contributed by atoms with van der Waals surface area (Å²) in [4.78, 5) is 33.8. The summed E-state index contributed by atoms with van der Waals surface area (Å²) in [6, 6.07) is 4.36. The molecule has 3 N–H and O–H groups in total. The highest BCUT2D eigenvalue weighted by atomic mass is 32.1. The molecule has 0 aliphatic carbocycles. The number of nitrogens with two attached hydrogens (primary N) is 1. The standard InChI is InChI=1S/C18H18F3N5O2S.C2HF3O2/c1-2-24-7-11(3-4-16(24)27)14-5-13(19)15(29-14)9-25-10-23-26(18(25)28)8-12(6-22)17(20)21;3-2(4,5)1(6)7/h3-5,7,10H,2,6,8-9,22H2,1H3;(H,6,7). The molecule has 0 atom stereocenters. The quantitative estimate of drug-likeness (QED) is 0.445. The Morgan fingerprint density at radius 3 is 2.36 bits per heavy atom. The highest BCUT2D eigenvalue weighted by Crippen LogP contribution is 2.30. The molecule has 0 saturated carbocycles. The number of halogens is 6. The van der Waals surface area contributed by atoms with Crippen LogP contribution in [0.5, 0.6) is 0 Å². The number of alkyl halides is 3. The maximum absolute atomic E-state index is 14.4. The number of carbonyl (C=O) groups is 1. The van der Waals surface area contributed by atoms with Crippen molar-refractivity contribution >= 4 is 17.3 Å². The third-order valence-corrected chi connectivity index (χ3v) is 5.72. The van der Waals surface area contributed by atoms with E-state index in [1.807, 2.05) is 6.92 Å². The fraction of sp³-hybridized carbons (Fsp3) is 0.300. The minimum Gasteiger partial charge on any atom is -0.475 e. The molecular weight excluding hydrogens is 520 g/mol. The molecule has 0 radical (unpaired) electrons. The van der Waals surface area contributed by atoms with E-state index in [0.717, 1.165) is 20.6 Å². The van der Waals surface area contributed by atoms with Crippen LogP contribution in [0.2, 0.25) is 0 Å². The number of pyridine rings is 1. The molecule has 9 nitrogen and oxygen atoms in total. The maximum Gasteiger partial charge on any atom is 0.490 e. The van der Waals surface area contributed by atoms with Crippen molar-refractivity contribution in [1.82, 2.24) is 18.9 Å². The smallest absolute Gasteiger partial charge is 0.475 e. The van der Waals surface area contributed by atoms with Crippen molar-refractivity contribution in [3.8, 4) is 10.4 Å². The normalized spacial score (nSPS) is 11.1. The summed E-state index contributed by atoms with van der Waals surface area (Å²) < 4.78 is 75.2. The van der Waals surface area contributed by atoms with Crippen molar-refractivity contribution in [1.29, 1.82) is 0 Å². The fourth-order valence-corrected chi connectivity index (χ4v) is 3.73. The predicted molar refractivity (Wildman–Crippen MR) is 117 cm³/mol. The summed E-state index contributed by atoms with van der Waals surface area (Å²) in [6.07, 6.45) is -4.22. The lowest BCUT2D eigenvalue weighted by molar-refractivity contribution is -0.192. The number of carboxylic acids is 1. The Balaban J connectivity index is 0.000000572. The number of aryl methyl sites for hydroxylation is 1. The topological polar surface area (TPSA) is 125 Å². The molecule has 0 unspecified atom stereocenters. The third-order valence-electron chi connectivity index (χ3n) is 4.57. The first-order valence-corrected chi connectivity index (χ1v) is 10.7. The Bertz CT molecular complexity index is 1370. The average Bonchev–Trinajstić information content (AvgIpc) is 3.34. The molecule has 3 heterocycles. The molecule has 0 amide bonds. The lowest BCUT2D eigenvalue weighted by atomic mass is 10.2. The second-order valence-electron chi connectivity index (χ2n) is 6.99. The maximum atomic E-state index is 14.4. The van der Waals surface area contributed by atoms with E-state index < -0.39 is 48.4 Å². The zero-order chi connectivity index (χ0) is 27.2. The van der Waals surface area contributed by atoms with Crippen LogP contribution in [0.25, 0.3) is 10.4 Å². The minimum atomic E-state index is -5.08. The van der Waals surface area contributed by atoms with E-state index in [0.29, 0.717) is 17.0 Å². The summed E-state index contributed by atoms with van der Waals surface area (Å²) in [7, 11) is 0. The van der Waals surface area contributed by atoms with Crippen molar-refractivity contribution in [3.05, 3.63) is 73.9 Å². The van der Waals surface area contributed by atoms with Crippen molar-refractivity contribution in [2.45, 2.75) is 32.7 Å². The highest BCUT2D eigenvalue weighted by molar-refractivity contribution is 7.15. The molecule has 0 fully saturated rings. The van der Waals surface area contributed by atoms with Gasteiger partial charge in [-0.1, -0.05) is 0 Å². The third kappa shape index (κ3) is 7.17. The SMILES string of the molecule is CCn1cc(-c2cc(F)c(Cn3cnn(CC(CN)=C(F)F)c3=O)s2)ccc1=O.O=C(O)C(F)(F)F. The summed E-state index contributed by atoms with van der Waals surface area (Å²) in [5.74, 6) is -3.26. The van der Waals surface area contributed by atoms with Gasteiger partial charge < -0.3 is 15.4 Å². The van der Waals surface area contributed by atoms with Crippen LogP contribution in [0.4, 0.5) is 26.3 Å². The lowest BCUT2D eigenvalue weighted by Gasteiger charge is -2.03. The zero-order valence-corrected chi connectivity index (χ0v) is 19.2. The molecule has 196 valence electrons. The van der Waals surface area contributed by atoms with Crippen LogP contribution < -0.4 is 17.0 Å².